The lowest BCUT2D eigenvalue weighted by Crippen LogP contribution is -2.14. The number of nitrogens with one attached hydrogen (secondary N) is 1. The summed E-state index contributed by atoms with van der Waals surface area (Å²) in [4.78, 5) is 16.4. The Labute approximate surface area is 126 Å². The SMILES string of the molecule is Cc1ccc(F)c(NC(=O)c2csc(C3CCCO3)n2)c1. The van der Waals surface area contributed by atoms with Gasteiger partial charge >= 0.3 is 0 Å². The Kier molecular flexibility index (Phi) is 3.98. The van der Waals surface area contributed by atoms with Crippen molar-refractivity contribution < 1.29 is 13.9 Å². The van der Waals surface area contributed by atoms with Gasteiger partial charge in [0.25, 0.3) is 5.91 Å². The van der Waals surface area contributed by atoms with Gasteiger partial charge in [-0.3, -0.25) is 4.79 Å². The maximum absolute atomic E-state index is 13.6. The number of ether oxygens (including phenoxy) is 1. The predicted molar refractivity (Wildman–Crippen MR) is 79.1 cm³/mol. The average molecular weight is 306 g/mol. The molecule has 1 aromatic carbocycles. The van der Waals surface area contributed by atoms with Gasteiger partial charge in [0.1, 0.15) is 22.6 Å². The van der Waals surface area contributed by atoms with E-state index >= 15 is 0 Å². The molecule has 1 saturated heterocycles. The molecule has 1 aliphatic rings. The van der Waals surface area contributed by atoms with E-state index < -0.39 is 11.7 Å². The number of nitrogens with zero attached hydrogens (tertiary/aromatic N) is 1. The second-order valence-electron chi connectivity index (χ2n) is 5.01. The highest BCUT2D eigenvalue weighted by Gasteiger charge is 2.22. The topological polar surface area (TPSA) is 51.2 Å². The zero-order chi connectivity index (χ0) is 14.8. The summed E-state index contributed by atoms with van der Waals surface area (Å²) in [6.07, 6.45) is 1.94. The van der Waals surface area contributed by atoms with Crippen molar-refractivity contribution in [3.63, 3.8) is 0 Å². The fourth-order valence-corrected chi connectivity index (χ4v) is 3.11. The standard InChI is InChI=1S/C15H15FN2O2S/c1-9-4-5-10(16)11(7-9)17-14(19)12-8-21-15(18-12)13-3-2-6-20-13/h4-5,7-8,13H,2-3,6H2,1H3,(H,17,19). The number of anilines is 1. The summed E-state index contributed by atoms with van der Waals surface area (Å²) in [6.45, 7) is 2.58. The van der Waals surface area contributed by atoms with Crippen LogP contribution in [-0.4, -0.2) is 17.5 Å². The van der Waals surface area contributed by atoms with Gasteiger partial charge in [0.05, 0.1) is 5.69 Å². The van der Waals surface area contributed by atoms with Gasteiger partial charge in [-0.1, -0.05) is 6.07 Å². The van der Waals surface area contributed by atoms with Crippen LogP contribution in [0.1, 0.15) is 40.0 Å². The van der Waals surface area contributed by atoms with Crippen LogP contribution >= 0.6 is 11.3 Å². The Hall–Kier alpha value is -1.79. The lowest BCUT2D eigenvalue weighted by molar-refractivity contribution is 0.101. The highest BCUT2D eigenvalue weighted by atomic mass is 32.1. The van der Waals surface area contributed by atoms with Crippen molar-refractivity contribution in [3.05, 3.63) is 45.7 Å². The van der Waals surface area contributed by atoms with Gasteiger partial charge in [-0.25, -0.2) is 9.37 Å². The van der Waals surface area contributed by atoms with Crippen LogP contribution in [0.2, 0.25) is 0 Å². The average Bonchev–Trinajstić information content (AvgIpc) is 3.12. The van der Waals surface area contributed by atoms with E-state index in [4.69, 9.17) is 4.74 Å². The number of carbonyl (C=O) groups excluding carboxylic acids is 1. The first-order valence-corrected chi connectivity index (χ1v) is 7.66. The van der Waals surface area contributed by atoms with Gasteiger partial charge in [-0.05, 0) is 37.5 Å². The summed E-state index contributed by atoms with van der Waals surface area (Å²) < 4.78 is 19.2. The van der Waals surface area contributed by atoms with Crippen LogP contribution in [-0.2, 0) is 4.74 Å². The number of thiazole rings is 1. The fourth-order valence-electron chi connectivity index (χ4n) is 2.23. The van der Waals surface area contributed by atoms with Crippen LogP contribution in [0.4, 0.5) is 10.1 Å². The Balaban J connectivity index is 1.74. The van der Waals surface area contributed by atoms with Gasteiger partial charge in [0, 0.05) is 12.0 Å². The van der Waals surface area contributed by atoms with E-state index in [0.717, 1.165) is 30.0 Å². The van der Waals surface area contributed by atoms with E-state index in [0.29, 0.717) is 5.69 Å². The molecule has 1 fully saturated rings. The summed E-state index contributed by atoms with van der Waals surface area (Å²) >= 11 is 1.40. The van der Waals surface area contributed by atoms with Crippen LogP contribution in [0.25, 0.3) is 0 Å². The van der Waals surface area contributed by atoms with Crippen molar-refractivity contribution in [1.29, 1.82) is 0 Å². The molecule has 1 atom stereocenters. The summed E-state index contributed by atoms with van der Waals surface area (Å²) in [7, 11) is 0. The quantitative estimate of drug-likeness (QED) is 0.941. The van der Waals surface area contributed by atoms with Crippen molar-refractivity contribution in [2.75, 3.05) is 11.9 Å². The number of rotatable bonds is 3. The lowest BCUT2D eigenvalue weighted by Gasteiger charge is -2.06. The molecule has 21 heavy (non-hydrogen) atoms. The number of hydrogen-bond donors (Lipinski definition) is 1. The van der Waals surface area contributed by atoms with Gasteiger partial charge in [0.2, 0.25) is 0 Å². The third-order valence-corrected chi connectivity index (χ3v) is 4.27. The summed E-state index contributed by atoms with van der Waals surface area (Å²) in [5, 5.41) is 5.05. The molecule has 0 saturated carbocycles. The Bertz CT molecular complexity index is 665. The minimum Gasteiger partial charge on any atom is -0.371 e. The molecule has 0 spiro atoms. The van der Waals surface area contributed by atoms with Gasteiger partial charge in [0.15, 0.2) is 0 Å². The van der Waals surface area contributed by atoms with Crippen molar-refractivity contribution in [3.8, 4) is 0 Å². The Morgan fingerprint density at radius 2 is 2.38 bits per heavy atom. The van der Waals surface area contributed by atoms with E-state index in [9.17, 15) is 9.18 Å². The van der Waals surface area contributed by atoms with Crippen molar-refractivity contribution in [2.45, 2.75) is 25.9 Å². The molecule has 4 nitrogen and oxygen atoms in total. The molecule has 1 aliphatic heterocycles. The first kappa shape index (κ1) is 14.2. The molecule has 2 heterocycles. The maximum atomic E-state index is 13.6. The molecule has 1 aromatic heterocycles. The van der Waals surface area contributed by atoms with Gasteiger partial charge in [-0.2, -0.15) is 0 Å². The van der Waals surface area contributed by atoms with E-state index in [1.807, 2.05) is 6.92 Å². The summed E-state index contributed by atoms with van der Waals surface area (Å²) in [5.41, 5.74) is 1.35. The first-order chi connectivity index (χ1) is 10.1. The van der Waals surface area contributed by atoms with Crippen LogP contribution in [0.3, 0.4) is 0 Å². The van der Waals surface area contributed by atoms with Crippen LogP contribution < -0.4 is 5.32 Å². The molecule has 3 rings (SSSR count). The number of aromatic nitrogens is 1. The monoisotopic (exact) mass is 306 g/mol. The fraction of sp³-hybridized carbons (Fsp3) is 0.333. The zero-order valence-electron chi connectivity index (χ0n) is 11.6. The number of amides is 1. The largest absolute Gasteiger partial charge is 0.371 e. The molecular weight excluding hydrogens is 291 g/mol. The number of benzene rings is 1. The number of halogens is 1. The van der Waals surface area contributed by atoms with Gasteiger partial charge < -0.3 is 10.1 Å². The van der Waals surface area contributed by atoms with Crippen LogP contribution in [0.15, 0.2) is 23.6 Å². The molecule has 1 amide bonds. The second kappa shape index (κ2) is 5.91. The molecular formula is C15H15FN2O2S. The molecule has 1 N–H and O–H groups in total. The Morgan fingerprint density at radius 1 is 1.52 bits per heavy atom. The van der Waals surface area contributed by atoms with Crippen LogP contribution in [0.5, 0.6) is 0 Å². The zero-order valence-corrected chi connectivity index (χ0v) is 12.4. The highest BCUT2D eigenvalue weighted by Crippen LogP contribution is 2.30. The maximum Gasteiger partial charge on any atom is 0.275 e. The number of hydrogen-bond acceptors (Lipinski definition) is 4. The van der Waals surface area contributed by atoms with Crippen LogP contribution in [0, 0.1) is 12.7 Å². The van der Waals surface area contributed by atoms with E-state index in [2.05, 4.69) is 10.3 Å². The van der Waals surface area contributed by atoms with Crippen molar-refractivity contribution in [2.24, 2.45) is 0 Å². The van der Waals surface area contributed by atoms with Crippen molar-refractivity contribution >= 4 is 22.9 Å². The van der Waals surface area contributed by atoms with Gasteiger partial charge in [-0.15, -0.1) is 11.3 Å². The predicted octanol–water partition coefficient (Wildman–Crippen LogP) is 3.69. The minimum absolute atomic E-state index is 0.00717. The molecule has 2 aromatic rings. The molecule has 6 heteroatoms. The van der Waals surface area contributed by atoms with E-state index in [-0.39, 0.29) is 11.8 Å². The smallest absolute Gasteiger partial charge is 0.275 e. The summed E-state index contributed by atoms with van der Waals surface area (Å²) in [5.74, 6) is -0.858. The molecule has 110 valence electrons. The normalized spacial score (nSPS) is 17.9. The first-order valence-electron chi connectivity index (χ1n) is 6.78. The third kappa shape index (κ3) is 3.11. The van der Waals surface area contributed by atoms with E-state index in [1.54, 1.807) is 17.5 Å². The number of aryl methyl sites for hydroxylation is 1. The van der Waals surface area contributed by atoms with E-state index in [1.165, 1.54) is 17.4 Å². The lowest BCUT2D eigenvalue weighted by atomic mass is 10.2. The van der Waals surface area contributed by atoms with Crippen molar-refractivity contribution in [1.82, 2.24) is 4.98 Å². The minimum atomic E-state index is -0.455. The second-order valence-corrected chi connectivity index (χ2v) is 5.90. The number of carbonyl (C=O) groups is 1. The molecule has 0 radical (unpaired) electrons. The highest BCUT2D eigenvalue weighted by molar-refractivity contribution is 7.09. The molecule has 0 bridgehead atoms. The third-order valence-electron chi connectivity index (χ3n) is 3.33. The Morgan fingerprint density at radius 3 is 3.14 bits per heavy atom. The molecule has 0 aliphatic carbocycles. The summed E-state index contributed by atoms with van der Waals surface area (Å²) in [6, 6.07) is 4.59. The molecule has 1 unspecified atom stereocenters.